The van der Waals surface area contributed by atoms with Crippen molar-refractivity contribution >= 4 is 35.8 Å². The number of rotatable bonds is 6. The van der Waals surface area contributed by atoms with E-state index in [1.165, 1.54) is 38.8 Å². The third-order valence-corrected chi connectivity index (χ3v) is 6.16. The molecule has 27 heavy (non-hydrogen) atoms. The van der Waals surface area contributed by atoms with Crippen LogP contribution in [-0.2, 0) is 4.79 Å². The molecule has 3 rings (SSSR count). The molecule has 0 aromatic rings. The Morgan fingerprint density at radius 2 is 1.81 bits per heavy atom. The molecule has 3 fully saturated rings. The van der Waals surface area contributed by atoms with Gasteiger partial charge in [0.2, 0.25) is 5.91 Å². The molecule has 2 unspecified atom stereocenters. The zero-order valence-electron chi connectivity index (χ0n) is 17.1. The predicted molar refractivity (Wildman–Crippen MR) is 122 cm³/mol. The number of likely N-dealkylation sites (tertiary alicyclic amines) is 2. The SMILES string of the molecule is CN=C(NCC(C)CN1CCCC1)NC1CCN(C(=O)C2CCCC2)C1.I. The summed E-state index contributed by atoms with van der Waals surface area (Å²) in [6.07, 6.45) is 8.33. The lowest BCUT2D eigenvalue weighted by molar-refractivity contribution is -0.134. The monoisotopic (exact) mass is 491 g/mol. The van der Waals surface area contributed by atoms with Crippen LogP contribution in [0, 0.1) is 11.8 Å². The highest BCUT2D eigenvalue weighted by Crippen LogP contribution is 2.27. The molecule has 0 spiro atoms. The number of nitrogens with one attached hydrogen (secondary N) is 2. The highest BCUT2D eigenvalue weighted by atomic mass is 127. The normalized spacial score (nSPS) is 25.5. The van der Waals surface area contributed by atoms with E-state index in [1.54, 1.807) is 0 Å². The number of carbonyl (C=O) groups is 1. The van der Waals surface area contributed by atoms with Crippen molar-refractivity contribution in [2.75, 3.05) is 46.3 Å². The number of carbonyl (C=O) groups excluding carboxylic acids is 1. The van der Waals surface area contributed by atoms with E-state index in [-0.39, 0.29) is 29.9 Å². The van der Waals surface area contributed by atoms with Gasteiger partial charge in [0, 0.05) is 45.2 Å². The summed E-state index contributed by atoms with van der Waals surface area (Å²) >= 11 is 0. The molecule has 1 saturated carbocycles. The molecule has 6 nitrogen and oxygen atoms in total. The number of guanidine groups is 1. The third-order valence-electron chi connectivity index (χ3n) is 6.16. The van der Waals surface area contributed by atoms with Crippen LogP contribution in [0.25, 0.3) is 0 Å². The molecule has 0 aromatic carbocycles. The molecule has 1 amide bonds. The fourth-order valence-corrected chi connectivity index (χ4v) is 4.64. The van der Waals surface area contributed by atoms with Gasteiger partial charge in [-0.25, -0.2) is 0 Å². The zero-order valence-corrected chi connectivity index (χ0v) is 19.4. The molecule has 156 valence electrons. The van der Waals surface area contributed by atoms with Gasteiger partial charge in [-0.15, -0.1) is 24.0 Å². The highest BCUT2D eigenvalue weighted by Gasteiger charge is 2.32. The molecular formula is C20H38IN5O. The molecule has 2 saturated heterocycles. The molecule has 2 heterocycles. The van der Waals surface area contributed by atoms with Gasteiger partial charge in [0.15, 0.2) is 5.96 Å². The summed E-state index contributed by atoms with van der Waals surface area (Å²) in [7, 11) is 1.83. The number of hydrogen-bond donors (Lipinski definition) is 2. The van der Waals surface area contributed by atoms with E-state index in [0.717, 1.165) is 51.4 Å². The fourth-order valence-electron chi connectivity index (χ4n) is 4.64. The van der Waals surface area contributed by atoms with Crippen molar-refractivity contribution in [2.24, 2.45) is 16.8 Å². The van der Waals surface area contributed by atoms with Crippen LogP contribution >= 0.6 is 24.0 Å². The van der Waals surface area contributed by atoms with Gasteiger partial charge in [-0.05, 0) is 51.1 Å². The Bertz CT molecular complexity index is 489. The van der Waals surface area contributed by atoms with Crippen molar-refractivity contribution in [3.63, 3.8) is 0 Å². The van der Waals surface area contributed by atoms with E-state index in [4.69, 9.17) is 0 Å². The number of nitrogens with zero attached hydrogens (tertiary/aromatic N) is 3. The summed E-state index contributed by atoms with van der Waals surface area (Å²) < 4.78 is 0. The molecule has 2 aliphatic heterocycles. The summed E-state index contributed by atoms with van der Waals surface area (Å²) in [5, 5.41) is 7.00. The van der Waals surface area contributed by atoms with Crippen molar-refractivity contribution in [1.29, 1.82) is 0 Å². The Kier molecular flexibility index (Phi) is 9.62. The number of hydrogen-bond acceptors (Lipinski definition) is 3. The van der Waals surface area contributed by atoms with Crippen LogP contribution in [0.15, 0.2) is 4.99 Å². The van der Waals surface area contributed by atoms with Crippen LogP contribution in [0.4, 0.5) is 0 Å². The van der Waals surface area contributed by atoms with E-state index in [9.17, 15) is 4.79 Å². The van der Waals surface area contributed by atoms with Crippen molar-refractivity contribution in [3.8, 4) is 0 Å². The lowest BCUT2D eigenvalue weighted by Crippen LogP contribution is -2.47. The van der Waals surface area contributed by atoms with E-state index < -0.39 is 0 Å². The highest BCUT2D eigenvalue weighted by molar-refractivity contribution is 14.0. The van der Waals surface area contributed by atoms with Crippen LogP contribution in [0.3, 0.4) is 0 Å². The van der Waals surface area contributed by atoms with Crippen molar-refractivity contribution < 1.29 is 4.79 Å². The lowest BCUT2D eigenvalue weighted by atomic mass is 10.1. The van der Waals surface area contributed by atoms with E-state index in [1.807, 2.05) is 7.05 Å². The smallest absolute Gasteiger partial charge is 0.225 e. The second-order valence-corrected chi connectivity index (χ2v) is 8.46. The topological polar surface area (TPSA) is 60.0 Å². The van der Waals surface area contributed by atoms with E-state index in [0.29, 0.717) is 17.9 Å². The van der Waals surface area contributed by atoms with Gasteiger partial charge in [-0.1, -0.05) is 19.8 Å². The maximum Gasteiger partial charge on any atom is 0.225 e. The predicted octanol–water partition coefficient (Wildman–Crippen LogP) is 2.29. The molecule has 2 atom stereocenters. The van der Waals surface area contributed by atoms with E-state index in [2.05, 4.69) is 32.3 Å². The Balaban J connectivity index is 0.00000261. The van der Waals surface area contributed by atoms with E-state index >= 15 is 0 Å². The molecule has 0 bridgehead atoms. The third kappa shape index (κ3) is 6.76. The molecule has 0 radical (unpaired) electrons. The molecular weight excluding hydrogens is 453 g/mol. The average Bonchev–Trinajstić information content (AvgIpc) is 3.40. The summed E-state index contributed by atoms with van der Waals surface area (Å²) in [5.41, 5.74) is 0. The minimum Gasteiger partial charge on any atom is -0.356 e. The quantitative estimate of drug-likeness (QED) is 0.340. The van der Waals surface area contributed by atoms with Gasteiger partial charge in [0.1, 0.15) is 0 Å². The summed E-state index contributed by atoms with van der Waals surface area (Å²) in [4.78, 5) is 21.6. The molecule has 1 aliphatic carbocycles. The maximum atomic E-state index is 12.6. The summed E-state index contributed by atoms with van der Waals surface area (Å²) in [6.45, 7) is 8.62. The first-order valence-corrected chi connectivity index (χ1v) is 10.6. The first-order valence-electron chi connectivity index (χ1n) is 10.6. The Hall–Kier alpha value is -0.570. The number of halogens is 1. The average molecular weight is 491 g/mol. The number of aliphatic imine (C=N–C) groups is 1. The van der Waals surface area contributed by atoms with Crippen LogP contribution in [0.5, 0.6) is 0 Å². The lowest BCUT2D eigenvalue weighted by Gasteiger charge is -2.23. The molecule has 0 aromatic heterocycles. The largest absolute Gasteiger partial charge is 0.356 e. The zero-order chi connectivity index (χ0) is 18.4. The van der Waals surface area contributed by atoms with Gasteiger partial charge in [-0.2, -0.15) is 0 Å². The summed E-state index contributed by atoms with van der Waals surface area (Å²) in [6, 6.07) is 0.320. The first-order chi connectivity index (χ1) is 12.7. The van der Waals surface area contributed by atoms with Gasteiger partial charge < -0.3 is 20.4 Å². The Morgan fingerprint density at radius 1 is 1.11 bits per heavy atom. The Morgan fingerprint density at radius 3 is 2.48 bits per heavy atom. The minimum atomic E-state index is 0. The van der Waals surface area contributed by atoms with Gasteiger partial charge in [0.25, 0.3) is 0 Å². The number of amides is 1. The van der Waals surface area contributed by atoms with Crippen molar-refractivity contribution in [2.45, 2.75) is 57.9 Å². The standard InChI is InChI=1S/C20H37N5O.HI/c1-16(14-24-10-5-6-11-24)13-22-20(21-2)23-18-9-12-25(15-18)19(26)17-7-3-4-8-17;/h16-18H,3-15H2,1-2H3,(H2,21,22,23);1H. The van der Waals surface area contributed by atoms with Crippen molar-refractivity contribution in [3.05, 3.63) is 0 Å². The van der Waals surface area contributed by atoms with Crippen LogP contribution in [0.1, 0.15) is 51.9 Å². The minimum absolute atomic E-state index is 0. The second-order valence-electron chi connectivity index (χ2n) is 8.46. The fraction of sp³-hybridized carbons (Fsp3) is 0.900. The maximum absolute atomic E-state index is 12.6. The second kappa shape index (κ2) is 11.4. The molecule has 2 N–H and O–H groups in total. The van der Waals surface area contributed by atoms with Crippen LogP contribution in [0.2, 0.25) is 0 Å². The summed E-state index contributed by atoms with van der Waals surface area (Å²) in [5.74, 6) is 2.15. The molecule has 3 aliphatic rings. The first kappa shape index (κ1) is 22.7. The Labute approximate surface area is 181 Å². The molecule has 7 heteroatoms. The van der Waals surface area contributed by atoms with Crippen LogP contribution in [-0.4, -0.2) is 74.0 Å². The van der Waals surface area contributed by atoms with Crippen LogP contribution < -0.4 is 10.6 Å². The van der Waals surface area contributed by atoms with Gasteiger partial charge in [-0.3, -0.25) is 9.79 Å². The van der Waals surface area contributed by atoms with Crippen molar-refractivity contribution in [1.82, 2.24) is 20.4 Å². The van der Waals surface area contributed by atoms with Gasteiger partial charge >= 0.3 is 0 Å². The van der Waals surface area contributed by atoms with Gasteiger partial charge in [0.05, 0.1) is 0 Å².